The molecule has 41 heavy (non-hydrogen) atoms. The molecule has 0 saturated carbocycles. The fourth-order valence-electron chi connectivity index (χ4n) is 5.83. The van der Waals surface area contributed by atoms with Gasteiger partial charge in [-0.25, -0.2) is 4.39 Å². The maximum atomic E-state index is 15.1. The van der Waals surface area contributed by atoms with Gasteiger partial charge in [-0.1, -0.05) is 44.2 Å². The number of fused-ring (bicyclic) bond motifs is 1. The lowest BCUT2D eigenvalue weighted by molar-refractivity contribution is -0.140. The highest BCUT2D eigenvalue weighted by Crippen LogP contribution is 2.47. The highest BCUT2D eigenvalue weighted by Gasteiger charge is 2.31. The van der Waals surface area contributed by atoms with Crippen LogP contribution >= 0.6 is 0 Å². The normalized spacial score (nSPS) is 22.5. The molecule has 2 aliphatic carbocycles. The average Bonchev–Trinajstić information content (AvgIpc) is 3.34. The van der Waals surface area contributed by atoms with Crippen molar-refractivity contribution in [2.75, 3.05) is 13.7 Å². The zero-order valence-corrected chi connectivity index (χ0v) is 23.7. The molecule has 1 heterocycles. The number of halogens is 1. The number of carbonyl (C=O) groups excluding carboxylic acids is 1. The number of carboxylic acid groups (broad SMARTS) is 1. The summed E-state index contributed by atoms with van der Waals surface area (Å²) in [6.07, 6.45) is 12.2. The zero-order valence-electron chi connectivity index (χ0n) is 23.7. The molecule has 2 N–H and O–H groups in total. The molecule has 1 unspecified atom stereocenters. The van der Waals surface area contributed by atoms with Gasteiger partial charge in [0.1, 0.15) is 23.9 Å². The summed E-state index contributed by atoms with van der Waals surface area (Å²) in [7, 11) is 1.57. The maximum absolute atomic E-state index is 15.1. The van der Waals surface area contributed by atoms with Crippen LogP contribution in [0.3, 0.4) is 0 Å². The molecule has 2 atom stereocenters. The van der Waals surface area contributed by atoms with Crippen molar-refractivity contribution in [2.24, 2.45) is 17.3 Å². The van der Waals surface area contributed by atoms with E-state index in [9.17, 15) is 14.7 Å². The molecule has 0 bridgehead atoms. The molecule has 5 rings (SSSR count). The van der Waals surface area contributed by atoms with Gasteiger partial charge in [0, 0.05) is 12.1 Å². The van der Waals surface area contributed by atoms with Gasteiger partial charge in [0.15, 0.2) is 0 Å². The first-order valence-electron chi connectivity index (χ1n) is 14.1. The van der Waals surface area contributed by atoms with Crippen LogP contribution < -0.4 is 10.1 Å². The van der Waals surface area contributed by atoms with Crippen LogP contribution in [-0.2, 0) is 20.9 Å². The molecular formula is C34H36FNO5. The Labute approximate surface area is 240 Å². The number of carboxylic acids is 1. The minimum atomic E-state index is -0.911. The van der Waals surface area contributed by atoms with Crippen LogP contribution in [0.25, 0.3) is 16.7 Å². The van der Waals surface area contributed by atoms with E-state index in [2.05, 4.69) is 31.3 Å². The summed E-state index contributed by atoms with van der Waals surface area (Å²) in [6.45, 7) is 5.04. The summed E-state index contributed by atoms with van der Waals surface area (Å²) in [5, 5.41) is 12.3. The summed E-state index contributed by atoms with van der Waals surface area (Å²) >= 11 is 0. The molecule has 214 valence electrons. The molecule has 0 fully saturated rings. The van der Waals surface area contributed by atoms with E-state index in [1.165, 1.54) is 11.6 Å². The van der Waals surface area contributed by atoms with Gasteiger partial charge in [0.25, 0.3) is 0 Å². The fourth-order valence-corrected chi connectivity index (χ4v) is 5.83. The average molecular weight is 558 g/mol. The summed E-state index contributed by atoms with van der Waals surface area (Å²) in [5.74, 6) is -1.15. The third-order valence-corrected chi connectivity index (χ3v) is 8.27. The van der Waals surface area contributed by atoms with Gasteiger partial charge in [-0.15, -0.1) is 0 Å². The third kappa shape index (κ3) is 6.14. The monoisotopic (exact) mass is 557 g/mol. The number of benzene rings is 2. The third-order valence-electron chi connectivity index (χ3n) is 8.27. The van der Waals surface area contributed by atoms with Gasteiger partial charge in [-0.2, -0.15) is 0 Å². The second kappa shape index (κ2) is 11.8. The number of allylic oxidation sites excluding steroid dienone is 5. The molecule has 2 aromatic carbocycles. The van der Waals surface area contributed by atoms with Gasteiger partial charge in [-0.3, -0.25) is 9.59 Å². The summed E-state index contributed by atoms with van der Waals surface area (Å²) < 4.78 is 26.6. The van der Waals surface area contributed by atoms with Crippen molar-refractivity contribution in [3.8, 4) is 16.9 Å². The number of amides is 1. The van der Waals surface area contributed by atoms with Crippen molar-refractivity contribution < 1.29 is 28.6 Å². The molecule has 2 aromatic rings. The van der Waals surface area contributed by atoms with E-state index in [0.29, 0.717) is 36.5 Å². The quantitative estimate of drug-likeness (QED) is 0.390. The Balaban J connectivity index is 1.43. The second-order valence-corrected chi connectivity index (χ2v) is 11.5. The Bertz CT molecular complexity index is 1480. The zero-order chi connectivity index (χ0) is 29.1. The Morgan fingerprint density at radius 2 is 1.95 bits per heavy atom. The van der Waals surface area contributed by atoms with Gasteiger partial charge >= 0.3 is 5.97 Å². The Morgan fingerprint density at radius 3 is 2.68 bits per heavy atom. The molecule has 0 spiro atoms. The minimum absolute atomic E-state index is 0.0491. The van der Waals surface area contributed by atoms with Crippen molar-refractivity contribution in [2.45, 2.75) is 46.1 Å². The highest BCUT2D eigenvalue weighted by atomic mass is 19.1. The first kappa shape index (κ1) is 28.4. The van der Waals surface area contributed by atoms with Crippen LogP contribution in [-0.4, -0.2) is 30.6 Å². The number of hydrogen-bond acceptors (Lipinski definition) is 4. The summed E-state index contributed by atoms with van der Waals surface area (Å²) in [5.41, 5.74) is 5.09. The lowest BCUT2D eigenvalue weighted by Gasteiger charge is -2.26. The van der Waals surface area contributed by atoms with Crippen LogP contribution in [0.4, 0.5) is 4.39 Å². The first-order valence-corrected chi connectivity index (χ1v) is 14.1. The van der Waals surface area contributed by atoms with E-state index < -0.39 is 11.9 Å². The van der Waals surface area contributed by atoms with Crippen molar-refractivity contribution in [3.63, 3.8) is 0 Å². The predicted octanol–water partition coefficient (Wildman–Crippen LogP) is 6.83. The van der Waals surface area contributed by atoms with Crippen molar-refractivity contribution in [1.82, 2.24) is 5.32 Å². The van der Waals surface area contributed by atoms with Crippen molar-refractivity contribution in [1.29, 1.82) is 0 Å². The van der Waals surface area contributed by atoms with Gasteiger partial charge < -0.3 is 19.9 Å². The topological polar surface area (TPSA) is 84.9 Å². The van der Waals surface area contributed by atoms with Gasteiger partial charge in [-0.05, 0) is 95.4 Å². The molecular weight excluding hydrogens is 521 g/mol. The lowest BCUT2D eigenvalue weighted by Crippen LogP contribution is -2.33. The molecule has 0 radical (unpaired) electrons. The smallest absolute Gasteiger partial charge is 0.310 e. The summed E-state index contributed by atoms with van der Waals surface area (Å²) in [6, 6.07) is 10.8. The van der Waals surface area contributed by atoms with Crippen LogP contribution in [0, 0.1) is 23.1 Å². The number of aliphatic carboxylic acids is 1. The van der Waals surface area contributed by atoms with Crippen molar-refractivity contribution >= 4 is 17.4 Å². The fraction of sp³-hybridized carbons (Fsp3) is 0.353. The maximum Gasteiger partial charge on any atom is 0.310 e. The van der Waals surface area contributed by atoms with E-state index in [1.54, 1.807) is 31.4 Å². The van der Waals surface area contributed by atoms with Gasteiger partial charge in [0.05, 0.1) is 18.9 Å². The standard InChI is InChI=1S/C34H36FNO5/c1-34(2)15-4-5-30(34)28-17-21(6-11-27(28)29-19-24(40-3)10-13-31(29)35)20-41-25-9-12-26-23(18-25)8-7-22(33(38)39)14-16-36-32(26)37/h5-11,13,17-19,22,26H,4,12,14-16,20H2,1-3H3,(H,36,37)(H,38,39)/b8-7+/t22-,26?/m0/s1. The highest BCUT2D eigenvalue weighted by molar-refractivity contribution is 5.85. The Kier molecular flexibility index (Phi) is 8.15. The van der Waals surface area contributed by atoms with E-state index in [1.807, 2.05) is 24.3 Å². The minimum Gasteiger partial charge on any atom is -0.497 e. The number of carbonyl (C=O) groups is 2. The van der Waals surface area contributed by atoms with Crippen molar-refractivity contribution in [3.05, 3.63) is 95.1 Å². The first-order chi connectivity index (χ1) is 19.7. The molecule has 6 nitrogen and oxygen atoms in total. The van der Waals surface area contributed by atoms with Crippen LogP contribution in [0.1, 0.15) is 50.7 Å². The van der Waals surface area contributed by atoms with Crippen LogP contribution in [0.5, 0.6) is 5.75 Å². The van der Waals surface area contributed by atoms with E-state index in [-0.39, 0.29) is 29.7 Å². The second-order valence-electron chi connectivity index (χ2n) is 11.5. The number of ether oxygens (including phenoxy) is 2. The largest absolute Gasteiger partial charge is 0.497 e. The summed E-state index contributed by atoms with van der Waals surface area (Å²) in [4.78, 5) is 24.3. The molecule has 7 heteroatoms. The number of hydrogen-bond donors (Lipinski definition) is 2. The molecule has 0 aromatic heterocycles. The molecule has 3 aliphatic rings. The molecule has 1 amide bonds. The van der Waals surface area contributed by atoms with E-state index in [4.69, 9.17) is 9.47 Å². The SMILES string of the molecule is COc1ccc(F)c(-c2ccc(COC3=CCC4C(=O)NCC[C@@H](C(=O)O)/C=C/C4=C3)cc2C2=CCCC2(C)C)c1. The van der Waals surface area contributed by atoms with E-state index >= 15 is 4.39 Å². The number of rotatable bonds is 7. The Morgan fingerprint density at radius 1 is 1.12 bits per heavy atom. The van der Waals surface area contributed by atoms with E-state index in [0.717, 1.165) is 35.1 Å². The lowest BCUT2D eigenvalue weighted by atomic mass is 9.79. The number of methoxy groups -OCH3 is 1. The Hall–Kier alpha value is -4.13. The van der Waals surface area contributed by atoms with Crippen LogP contribution in [0.15, 0.2) is 78.1 Å². The molecule has 0 saturated heterocycles. The number of nitrogens with one attached hydrogen (secondary N) is 1. The van der Waals surface area contributed by atoms with Gasteiger partial charge in [0.2, 0.25) is 5.91 Å². The van der Waals surface area contributed by atoms with Crippen LogP contribution in [0.2, 0.25) is 0 Å². The predicted molar refractivity (Wildman–Crippen MR) is 156 cm³/mol. The molecule has 1 aliphatic heterocycles.